The number of hydrogen-bond donors (Lipinski definition) is 2. The molecule has 0 fully saturated rings. The van der Waals surface area contributed by atoms with Crippen LogP contribution in [0.4, 0.5) is 21.2 Å². The van der Waals surface area contributed by atoms with Gasteiger partial charge in [0.25, 0.3) is 5.69 Å². The van der Waals surface area contributed by atoms with Crippen LogP contribution in [0.15, 0.2) is 35.7 Å². The smallest absolute Gasteiger partial charge is 0.306 e. The number of amides is 2. The largest absolute Gasteiger partial charge is 0.324 e. The number of anilines is 2. The molecule has 0 saturated heterocycles. The van der Waals surface area contributed by atoms with E-state index in [1.165, 1.54) is 29.5 Å². The summed E-state index contributed by atoms with van der Waals surface area (Å²) in [6, 6.07) is 6.85. The first-order valence-corrected chi connectivity index (χ1v) is 6.37. The molecule has 0 aliphatic rings. The molecule has 0 aliphatic heterocycles. The van der Waals surface area contributed by atoms with Crippen molar-refractivity contribution < 1.29 is 9.72 Å². The van der Waals surface area contributed by atoms with Gasteiger partial charge in [0.15, 0.2) is 0 Å². The lowest BCUT2D eigenvalue weighted by atomic mass is 10.3. The molecule has 2 amide bonds. The molecular weight excluding hydrogens is 290 g/mol. The van der Waals surface area contributed by atoms with Gasteiger partial charge in [-0.1, -0.05) is 11.6 Å². The van der Waals surface area contributed by atoms with Crippen LogP contribution < -0.4 is 10.6 Å². The maximum absolute atomic E-state index is 11.7. The zero-order chi connectivity index (χ0) is 13.8. The summed E-state index contributed by atoms with van der Waals surface area (Å²) in [5.41, 5.74) is 0.0424. The van der Waals surface area contributed by atoms with Crippen LogP contribution in [-0.4, -0.2) is 11.0 Å². The maximum Gasteiger partial charge on any atom is 0.324 e. The van der Waals surface area contributed by atoms with Crippen LogP contribution in [0.2, 0.25) is 5.02 Å². The number of carbonyl (C=O) groups is 1. The highest BCUT2D eigenvalue weighted by molar-refractivity contribution is 7.14. The number of non-ortho nitro benzene ring substituents is 1. The molecule has 98 valence electrons. The molecule has 0 unspecified atom stereocenters. The molecule has 0 radical (unpaired) electrons. The van der Waals surface area contributed by atoms with Crippen LogP contribution in [0.25, 0.3) is 0 Å². The summed E-state index contributed by atoms with van der Waals surface area (Å²) in [5.74, 6) is 0. The second-order valence-electron chi connectivity index (χ2n) is 3.48. The number of hydrogen-bond acceptors (Lipinski definition) is 4. The Morgan fingerprint density at radius 2 is 2.11 bits per heavy atom. The van der Waals surface area contributed by atoms with Crippen molar-refractivity contribution in [3.8, 4) is 0 Å². The molecule has 0 aliphatic carbocycles. The third-order valence-electron chi connectivity index (χ3n) is 2.17. The number of urea groups is 1. The fraction of sp³-hybridized carbons (Fsp3) is 0. The van der Waals surface area contributed by atoms with E-state index in [9.17, 15) is 14.9 Å². The predicted octanol–water partition coefficient (Wildman–Crippen LogP) is 3.95. The number of halogens is 1. The van der Waals surface area contributed by atoms with Crippen LogP contribution in [0.5, 0.6) is 0 Å². The van der Waals surface area contributed by atoms with Gasteiger partial charge in [-0.15, -0.1) is 11.3 Å². The summed E-state index contributed by atoms with van der Waals surface area (Å²) in [5, 5.41) is 18.4. The third-order valence-corrected chi connectivity index (χ3v) is 3.28. The predicted molar refractivity (Wildman–Crippen MR) is 75.1 cm³/mol. The van der Waals surface area contributed by atoms with E-state index in [4.69, 9.17) is 11.6 Å². The lowest BCUT2D eigenvalue weighted by molar-refractivity contribution is -0.384. The monoisotopic (exact) mass is 297 g/mol. The second-order valence-corrected chi connectivity index (χ2v) is 4.83. The fourth-order valence-corrected chi connectivity index (χ4v) is 2.12. The van der Waals surface area contributed by atoms with E-state index in [-0.39, 0.29) is 16.4 Å². The summed E-state index contributed by atoms with van der Waals surface area (Å²) >= 11 is 7.23. The Morgan fingerprint density at radius 3 is 2.74 bits per heavy atom. The molecule has 2 aromatic rings. The second kappa shape index (κ2) is 5.68. The van der Waals surface area contributed by atoms with Crippen molar-refractivity contribution in [2.45, 2.75) is 0 Å². The molecule has 0 saturated carbocycles. The van der Waals surface area contributed by atoms with Crippen molar-refractivity contribution in [1.29, 1.82) is 0 Å². The average molecular weight is 298 g/mol. The third kappa shape index (κ3) is 3.43. The summed E-state index contributed by atoms with van der Waals surface area (Å²) in [4.78, 5) is 21.8. The quantitative estimate of drug-likeness (QED) is 0.664. The van der Waals surface area contributed by atoms with Crippen molar-refractivity contribution >= 4 is 45.3 Å². The maximum atomic E-state index is 11.7. The Hall–Kier alpha value is -2.12. The first kappa shape index (κ1) is 13.3. The molecule has 1 heterocycles. The minimum atomic E-state index is -0.557. The van der Waals surface area contributed by atoms with Gasteiger partial charge in [-0.3, -0.25) is 15.4 Å². The van der Waals surface area contributed by atoms with E-state index in [2.05, 4.69) is 10.6 Å². The molecule has 19 heavy (non-hydrogen) atoms. The van der Waals surface area contributed by atoms with Gasteiger partial charge in [-0.25, -0.2) is 4.79 Å². The minimum absolute atomic E-state index is 0.143. The Bertz CT molecular complexity index is 616. The van der Waals surface area contributed by atoms with Crippen LogP contribution in [0, 0.1) is 10.1 Å². The van der Waals surface area contributed by atoms with Crippen LogP contribution in [-0.2, 0) is 0 Å². The van der Waals surface area contributed by atoms with E-state index in [0.717, 1.165) is 0 Å². The number of rotatable bonds is 3. The van der Waals surface area contributed by atoms with Crippen LogP contribution in [0.3, 0.4) is 0 Å². The number of thiophene rings is 1. The van der Waals surface area contributed by atoms with Gasteiger partial charge in [0.05, 0.1) is 20.6 Å². The van der Waals surface area contributed by atoms with E-state index < -0.39 is 11.0 Å². The highest BCUT2D eigenvalue weighted by Crippen LogP contribution is 2.27. The summed E-state index contributed by atoms with van der Waals surface area (Å²) < 4.78 is 0. The lowest BCUT2D eigenvalue weighted by Gasteiger charge is -2.07. The SMILES string of the molecule is O=C(Nc1cccs1)Nc1cc([N+](=O)[O-])ccc1Cl. The topological polar surface area (TPSA) is 84.3 Å². The first-order chi connectivity index (χ1) is 9.06. The van der Waals surface area contributed by atoms with Gasteiger partial charge in [0.1, 0.15) is 0 Å². The van der Waals surface area contributed by atoms with Gasteiger partial charge in [-0.2, -0.15) is 0 Å². The van der Waals surface area contributed by atoms with Crippen molar-refractivity contribution in [1.82, 2.24) is 0 Å². The molecule has 8 heteroatoms. The van der Waals surface area contributed by atoms with Crippen LogP contribution in [0.1, 0.15) is 0 Å². The number of benzene rings is 1. The average Bonchev–Trinajstić information content (AvgIpc) is 2.84. The Balaban J connectivity index is 2.11. The number of nitrogens with one attached hydrogen (secondary N) is 2. The van der Waals surface area contributed by atoms with Gasteiger partial charge < -0.3 is 5.32 Å². The summed E-state index contributed by atoms with van der Waals surface area (Å²) in [7, 11) is 0. The van der Waals surface area contributed by atoms with E-state index in [1.807, 2.05) is 5.38 Å². The molecule has 2 rings (SSSR count). The van der Waals surface area contributed by atoms with Gasteiger partial charge in [-0.05, 0) is 23.6 Å². The molecule has 1 aromatic carbocycles. The molecule has 0 spiro atoms. The van der Waals surface area contributed by atoms with Crippen molar-refractivity contribution in [3.05, 3.63) is 50.8 Å². The van der Waals surface area contributed by atoms with E-state index in [1.54, 1.807) is 12.1 Å². The minimum Gasteiger partial charge on any atom is -0.306 e. The molecule has 0 bridgehead atoms. The molecule has 1 aromatic heterocycles. The van der Waals surface area contributed by atoms with Crippen molar-refractivity contribution in [2.75, 3.05) is 10.6 Å². The highest BCUT2D eigenvalue weighted by Gasteiger charge is 2.12. The Labute approximate surface area is 117 Å². The number of nitro benzene ring substituents is 1. The zero-order valence-corrected chi connectivity index (χ0v) is 11.0. The molecule has 6 nitrogen and oxygen atoms in total. The standard InChI is InChI=1S/C11H8ClN3O3S/c12-8-4-3-7(15(17)18)6-9(8)13-11(16)14-10-2-1-5-19-10/h1-6H,(H2,13,14,16). The van der Waals surface area contributed by atoms with Crippen LogP contribution >= 0.6 is 22.9 Å². The zero-order valence-electron chi connectivity index (χ0n) is 9.42. The molecule has 2 N–H and O–H groups in total. The Kier molecular flexibility index (Phi) is 3.98. The first-order valence-electron chi connectivity index (χ1n) is 5.12. The number of nitro groups is 1. The molecule has 0 atom stereocenters. The number of carbonyl (C=O) groups excluding carboxylic acids is 1. The fourth-order valence-electron chi connectivity index (χ4n) is 1.34. The van der Waals surface area contributed by atoms with E-state index in [0.29, 0.717) is 5.00 Å². The summed E-state index contributed by atoms with van der Waals surface area (Å²) in [6.45, 7) is 0. The highest BCUT2D eigenvalue weighted by atomic mass is 35.5. The van der Waals surface area contributed by atoms with Crippen molar-refractivity contribution in [3.63, 3.8) is 0 Å². The van der Waals surface area contributed by atoms with Gasteiger partial charge in [0.2, 0.25) is 0 Å². The number of nitrogens with zero attached hydrogens (tertiary/aromatic N) is 1. The Morgan fingerprint density at radius 1 is 1.32 bits per heavy atom. The van der Waals surface area contributed by atoms with Crippen molar-refractivity contribution in [2.24, 2.45) is 0 Å². The van der Waals surface area contributed by atoms with Gasteiger partial charge >= 0.3 is 6.03 Å². The normalized spacial score (nSPS) is 9.95. The van der Waals surface area contributed by atoms with Gasteiger partial charge in [0, 0.05) is 12.1 Å². The lowest BCUT2D eigenvalue weighted by Crippen LogP contribution is -2.19. The summed E-state index contributed by atoms with van der Waals surface area (Å²) in [6.07, 6.45) is 0. The molecular formula is C11H8ClN3O3S. The van der Waals surface area contributed by atoms with E-state index >= 15 is 0 Å².